The van der Waals surface area contributed by atoms with Crippen LogP contribution < -0.4 is 5.32 Å². The molecule has 136 valence electrons. The number of nitrogens with one attached hydrogen (secondary N) is 1. The topological polar surface area (TPSA) is 47.7 Å². The fraction of sp³-hybridized carbons (Fsp3) is 0.143. The van der Waals surface area contributed by atoms with Crippen molar-refractivity contribution in [2.24, 2.45) is 7.05 Å². The SMILES string of the molecule is Cn1cc(CNCc2cn(-c3ccccc3)nc2-c2ccc(F)cc2)cn1. The molecule has 0 aliphatic heterocycles. The van der Waals surface area contributed by atoms with Crippen molar-refractivity contribution in [2.75, 3.05) is 0 Å². The molecule has 2 heterocycles. The van der Waals surface area contributed by atoms with Crippen LogP contribution in [0.3, 0.4) is 0 Å². The Morgan fingerprint density at radius 3 is 2.44 bits per heavy atom. The number of para-hydroxylation sites is 1. The van der Waals surface area contributed by atoms with Crippen molar-refractivity contribution in [1.82, 2.24) is 24.9 Å². The van der Waals surface area contributed by atoms with Gasteiger partial charge in [-0.15, -0.1) is 0 Å². The van der Waals surface area contributed by atoms with Crippen molar-refractivity contribution in [1.29, 1.82) is 0 Å². The Balaban J connectivity index is 1.61. The minimum Gasteiger partial charge on any atom is -0.308 e. The van der Waals surface area contributed by atoms with Crippen LogP contribution in [0, 0.1) is 5.82 Å². The van der Waals surface area contributed by atoms with Crippen LogP contribution in [0.5, 0.6) is 0 Å². The average molecular weight is 361 g/mol. The first kappa shape index (κ1) is 17.2. The quantitative estimate of drug-likeness (QED) is 0.570. The van der Waals surface area contributed by atoms with Crippen LogP contribution in [-0.4, -0.2) is 19.6 Å². The summed E-state index contributed by atoms with van der Waals surface area (Å²) in [4.78, 5) is 0. The molecule has 0 amide bonds. The minimum atomic E-state index is -0.252. The highest BCUT2D eigenvalue weighted by molar-refractivity contribution is 5.63. The molecule has 0 unspecified atom stereocenters. The lowest BCUT2D eigenvalue weighted by atomic mass is 10.1. The van der Waals surface area contributed by atoms with E-state index in [1.54, 1.807) is 16.8 Å². The highest BCUT2D eigenvalue weighted by atomic mass is 19.1. The van der Waals surface area contributed by atoms with Gasteiger partial charge in [-0.05, 0) is 36.4 Å². The van der Waals surface area contributed by atoms with E-state index in [1.165, 1.54) is 12.1 Å². The zero-order valence-electron chi connectivity index (χ0n) is 15.0. The molecule has 2 aromatic heterocycles. The van der Waals surface area contributed by atoms with Gasteiger partial charge >= 0.3 is 0 Å². The van der Waals surface area contributed by atoms with Crippen molar-refractivity contribution in [2.45, 2.75) is 13.1 Å². The molecule has 1 N–H and O–H groups in total. The van der Waals surface area contributed by atoms with E-state index in [0.29, 0.717) is 13.1 Å². The van der Waals surface area contributed by atoms with Crippen LogP contribution in [-0.2, 0) is 20.1 Å². The molecule has 0 fully saturated rings. The zero-order valence-corrected chi connectivity index (χ0v) is 15.0. The van der Waals surface area contributed by atoms with E-state index < -0.39 is 0 Å². The van der Waals surface area contributed by atoms with Crippen molar-refractivity contribution in [3.63, 3.8) is 0 Å². The van der Waals surface area contributed by atoms with Gasteiger partial charge in [-0.3, -0.25) is 4.68 Å². The highest BCUT2D eigenvalue weighted by Gasteiger charge is 2.12. The number of benzene rings is 2. The fourth-order valence-electron chi connectivity index (χ4n) is 3.01. The Morgan fingerprint density at radius 1 is 0.963 bits per heavy atom. The maximum atomic E-state index is 13.3. The summed E-state index contributed by atoms with van der Waals surface area (Å²) in [6.07, 6.45) is 5.85. The van der Waals surface area contributed by atoms with E-state index >= 15 is 0 Å². The molecule has 6 heteroatoms. The van der Waals surface area contributed by atoms with Crippen molar-refractivity contribution in [3.8, 4) is 16.9 Å². The number of rotatable bonds is 6. The molecule has 0 bridgehead atoms. The normalized spacial score (nSPS) is 11.0. The summed E-state index contributed by atoms with van der Waals surface area (Å²) in [6.45, 7) is 1.36. The van der Waals surface area contributed by atoms with Crippen LogP contribution in [0.2, 0.25) is 0 Å². The number of hydrogen-bond donors (Lipinski definition) is 1. The largest absolute Gasteiger partial charge is 0.308 e. The maximum absolute atomic E-state index is 13.3. The molecule has 27 heavy (non-hydrogen) atoms. The number of hydrogen-bond acceptors (Lipinski definition) is 3. The molecule has 0 atom stereocenters. The van der Waals surface area contributed by atoms with Gasteiger partial charge in [-0.1, -0.05) is 18.2 Å². The van der Waals surface area contributed by atoms with Crippen LogP contribution >= 0.6 is 0 Å². The van der Waals surface area contributed by atoms with Gasteiger partial charge in [0.15, 0.2) is 0 Å². The van der Waals surface area contributed by atoms with Gasteiger partial charge in [0.2, 0.25) is 0 Å². The molecule has 0 saturated carbocycles. The van der Waals surface area contributed by atoms with Crippen LogP contribution in [0.1, 0.15) is 11.1 Å². The number of nitrogens with zero attached hydrogens (tertiary/aromatic N) is 4. The first-order valence-electron chi connectivity index (χ1n) is 8.77. The first-order chi connectivity index (χ1) is 13.2. The summed E-state index contributed by atoms with van der Waals surface area (Å²) in [5.74, 6) is -0.252. The maximum Gasteiger partial charge on any atom is 0.123 e. The highest BCUT2D eigenvalue weighted by Crippen LogP contribution is 2.24. The molecule has 0 radical (unpaired) electrons. The predicted octanol–water partition coefficient (Wildman–Crippen LogP) is 3.70. The lowest BCUT2D eigenvalue weighted by Crippen LogP contribution is -2.12. The Labute approximate surface area is 157 Å². The van der Waals surface area contributed by atoms with E-state index in [1.807, 2.05) is 60.7 Å². The molecular weight excluding hydrogens is 341 g/mol. The second-order valence-electron chi connectivity index (χ2n) is 6.42. The standard InChI is InChI=1S/C21H20FN5/c1-26-14-16(12-24-26)11-23-13-18-15-27(20-5-3-2-4-6-20)25-21(18)17-7-9-19(22)10-8-17/h2-10,12,14-15,23H,11,13H2,1H3. The molecule has 2 aromatic carbocycles. The predicted molar refractivity (Wildman–Crippen MR) is 103 cm³/mol. The van der Waals surface area contributed by atoms with E-state index in [4.69, 9.17) is 5.10 Å². The Hall–Kier alpha value is -3.25. The minimum absolute atomic E-state index is 0.252. The fourth-order valence-corrected chi connectivity index (χ4v) is 3.01. The van der Waals surface area contributed by atoms with Gasteiger partial charge in [-0.25, -0.2) is 9.07 Å². The smallest absolute Gasteiger partial charge is 0.123 e. The third-order valence-electron chi connectivity index (χ3n) is 4.33. The summed E-state index contributed by atoms with van der Waals surface area (Å²) >= 11 is 0. The van der Waals surface area contributed by atoms with Gasteiger partial charge in [-0.2, -0.15) is 10.2 Å². The lowest BCUT2D eigenvalue weighted by Gasteiger charge is -2.04. The molecular formula is C21H20FN5. The third-order valence-corrected chi connectivity index (χ3v) is 4.33. The molecule has 0 spiro atoms. The van der Waals surface area contributed by atoms with Crippen LogP contribution in [0.25, 0.3) is 16.9 Å². The van der Waals surface area contributed by atoms with Crippen molar-refractivity contribution in [3.05, 3.63) is 90.1 Å². The molecule has 0 saturated heterocycles. The Bertz CT molecular complexity index is 1020. The van der Waals surface area contributed by atoms with Crippen molar-refractivity contribution >= 4 is 0 Å². The van der Waals surface area contributed by atoms with Gasteiger partial charge < -0.3 is 5.32 Å². The van der Waals surface area contributed by atoms with Gasteiger partial charge in [0.1, 0.15) is 5.82 Å². The molecule has 0 aliphatic carbocycles. The summed E-state index contributed by atoms with van der Waals surface area (Å²) in [7, 11) is 1.90. The monoisotopic (exact) mass is 361 g/mol. The summed E-state index contributed by atoms with van der Waals surface area (Å²) in [5.41, 5.74) is 4.90. The lowest BCUT2D eigenvalue weighted by molar-refractivity contribution is 0.628. The second-order valence-corrected chi connectivity index (χ2v) is 6.42. The molecule has 0 aliphatic rings. The number of halogens is 1. The zero-order chi connectivity index (χ0) is 18.6. The average Bonchev–Trinajstić information content (AvgIpc) is 3.30. The third kappa shape index (κ3) is 3.96. The number of aryl methyl sites for hydroxylation is 1. The first-order valence-corrected chi connectivity index (χ1v) is 8.77. The second kappa shape index (κ2) is 7.55. The van der Waals surface area contributed by atoms with Gasteiger partial charge in [0, 0.05) is 49.2 Å². The Kier molecular flexibility index (Phi) is 4.80. The summed E-state index contributed by atoms with van der Waals surface area (Å²) < 4.78 is 17.0. The number of aromatic nitrogens is 4. The van der Waals surface area contributed by atoms with E-state index in [0.717, 1.165) is 28.1 Å². The van der Waals surface area contributed by atoms with E-state index in [2.05, 4.69) is 10.4 Å². The molecule has 4 rings (SSSR count). The molecule has 5 nitrogen and oxygen atoms in total. The van der Waals surface area contributed by atoms with Gasteiger partial charge in [0.05, 0.1) is 17.6 Å². The van der Waals surface area contributed by atoms with E-state index in [-0.39, 0.29) is 5.82 Å². The molecule has 4 aromatic rings. The summed E-state index contributed by atoms with van der Waals surface area (Å²) in [6, 6.07) is 16.4. The van der Waals surface area contributed by atoms with E-state index in [9.17, 15) is 4.39 Å². The van der Waals surface area contributed by atoms with Crippen LogP contribution in [0.15, 0.2) is 73.2 Å². The van der Waals surface area contributed by atoms with Crippen LogP contribution in [0.4, 0.5) is 4.39 Å². The van der Waals surface area contributed by atoms with Crippen molar-refractivity contribution < 1.29 is 4.39 Å². The van der Waals surface area contributed by atoms with Gasteiger partial charge in [0.25, 0.3) is 0 Å². The summed E-state index contributed by atoms with van der Waals surface area (Å²) in [5, 5.41) is 12.4. The Morgan fingerprint density at radius 2 is 1.74 bits per heavy atom.